The maximum absolute atomic E-state index is 12.6. The van der Waals surface area contributed by atoms with Crippen LogP contribution in [0.15, 0.2) is 22.8 Å². The summed E-state index contributed by atoms with van der Waals surface area (Å²) in [5.74, 6) is -1.24. The Bertz CT molecular complexity index is 747. The van der Waals surface area contributed by atoms with Gasteiger partial charge >= 0.3 is 11.9 Å². The Morgan fingerprint density at radius 2 is 1.77 bits per heavy atom. The van der Waals surface area contributed by atoms with Crippen LogP contribution in [0.5, 0.6) is 0 Å². The van der Waals surface area contributed by atoms with Gasteiger partial charge in [0, 0.05) is 30.3 Å². The fraction of sp³-hybridized carbons (Fsp3) is 0.720. The number of hydrogen-bond acceptors (Lipinski definition) is 5. The SMILES string of the molecule is CCCCCCCCCC(=O)OC1CC(C)=C2C(=O)C=C(C)[C@@H]2[C@H]2OC(=O)[C@H](C)[C@H]12. The van der Waals surface area contributed by atoms with Crippen LogP contribution in [0.1, 0.15) is 85.5 Å². The van der Waals surface area contributed by atoms with Crippen molar-refractivity contribution in [1.82, 2.24) is 0 Å². The third kappa shape index (κ3) is 4.70. The number of ketones is 1. The lowest BCUT2D eigenvalue weighted by Gasteiger charge is -2.29. The second kappa shape index (κ2) is 9.93. The van der Waals surface area contributed by atoms with Gasteiger partial charge in [-0.25, -0.2) is 0 Å². The number of carbonyl (C=O) groups excluding carboxylic acids is 3. The van der Waals surface area contributed by atoms with Gasteiger partial charge in [0.2, 0.25) is 0 Å². The van der Waals surface area contributed by atoms with Crippen LogP contribution in [0.2, 0.25) is 0 Å². The fourth-order valence-electron chi connectivity index (χ4n) is 5.36. The van der Waals surface area contributed by atoms with Gasteiger partial charge in [0.05, 0.1) is 5.92 Å². The lowest BCUT2D eigenvalue weighted by molar-refractivity contribution is -0.153. The summed E-state index contributed by atoms with van der Waals surface area (Å²) >= 11 is 0. The summed E-state index contributed by atoms with van der Waals surface area (Å²) in [5, 5.41) is 0. The Hall–Kier alpha value is -1.91. The van der Waals surface area contributed by atoms with Crippen LogP contribution in [0.25, 0.3) is 0 Å². The highest BCUT2D eigenvalue weighted by Crippen LogP contribution is 2.48. The average molecular weight is 417 g/mol. The lowest BCUT2D eigenvalue weighted by atomic mass is 9.79. The van der Waals surface area contributed by atoms with E-state index in [0.717, 1.165) is 36.0 Å². The van der Waals surface area contributed by atoms with E-state index in [-0.39, 0.29) is 35.5 Å². The third-order valence-corrected chi connectivity index (χ3v) is 7.00. The van der Waals surface area contributed by atoms with Crippen molar-refractivity contribution in [3.63, 3.8) is 0 Å². The van der Waals surface area contributed by atoms with Crippen LogP contribution < -0.4 is 0 Å². The van der Waals surface area contributed by atoms with Crippen LogP contribution in [0.3, 0.4) is 0 Å². The second-order valence-electron chi connectivity index (χ2n) is 9.30. The molecule has 1 fully saturated rings. The van der Waals surface area contributed by atoms with Gasteiger partial charge in [-0.05, 0) is 26.3 Å². The second-order valence-corrected chi connectivity index (χ2v) is 9.30. The van der Waals surface area contributed by atoms with Gasteiger partial charge in [-0.2, -0.15) is 0 Å². The van der Waals surface area contributed by atoms with E-state index in [2.05, 4.69) is 6.92 Å². The molecule has 0 saturated carbocycles. The molecule has 0 aromatic heterocycles. The molecule has 30 heavy (non-hydrogen) atoms. The molecule has 1 heterocycles. The largest absolute Gasteiger partial charge is 0.462 e. The molecule has 5 nitrogen and oxygen atoms in total. The van der Waals surface area contributed by atoms with Crippen LogP contribution in [-0.4, -0.2) is 29.9 Å². The lowest BCUT2D eigenvalue weighted by Crippen LogP contribution is -2.37. The van der Waals surface area contributed by atoms with E-state index in [9.17, 15) is 14.4 Å². The molecule has 0 bridgehead atoms. The van der Waals surface area contributed by atoms with Crippen LogP contribution >= 0.6 is 0 Å². The van der Waals surface area contributed by atoms with Crippen LogP contribution in [0, 0.1) is 17.8 Å². The third-order valence-electron chi connectivity index (χ3n) is 7.00. The highest BCUT2D eigenvalue weighted by atomic mass is 16.6. The molecule has 0 amide bonds. The first-order chi connectivity index (χ1) is 14.3. The highest BCUT2D eigenvalue weighted by molar-refractivity contribution is 6.09. The van der Waals surface area contributed by atoms with Crippen molar-refractivity contribution in [3.05, 3.63) is 22.8 Å². The van der Waals surface area contributed by atoms with Crippen molar-refractivity contribution in [2.45, 2.75) is 97.7 Å². The predicted molar refractivity (Wildman–Crippen MR) is 115 cm³/mol. The minimum absolute atomic E-state index is 0.000554. The quantitative estimate of drug-likeness (QED) is 0.387. The summed E-state index contributed by atoms with van der Waals surface area (Å²) in [6.45, 7) is 7.91. The predicted octanol–water partition coefficient (Wildman–Crippen LogP) is 5.08. The zero-order chi connectivity index (χ0) is 21.8. The summed E-state index contributed by atoms with van der Waals surface area (Å²) in [5.41, 5.74) is 2.61. The molecule has 5 atom stereocenters. The molecule has 0 aromatic rings. The van der Waals surface area contributed by atoms with Crippen molar-refractivity contribution in [2.75, 3.05) is 0 Å². The molecule has 3 aliphatic rings. The first-order valence-corrected chi connectivity index (χ1v) is 11.7. The van der Waals surface area contributed by atoms with E-state index < -0.39 is 12.2 Å². The molecular weight excluding hydrogens is 380 g/mol. The topological polar surface area (TPSA) is 69.7 Å². The van der Waals surface area contributed by atoms with Crippen molar-refractivity contribution < 1.29 is 23.9 Å². The molecule has 2 aliphatic carbocycles. The number of carbonyl (C=O) groups is 3. The first-order valence-electron chi connectivity index (χ1n) is 11.7. The Morgan fingerprint density at radius 1 is 1.10 bits per heavy atom. The standard InChI is InChI=1S/C25H36O5/c1-5-6-7-8-9-10-11-12-20(27)29-19-14-16(3)21-18(26)13-15(2)22(21)24-23(19)17(4)25(28)30-24/h13,17,19,22-24H,5-12,14H2,1-4H3/t17-,19?,22+,23-,24-/m1/s1. The molecule has 1 unspecified atom stereocenters. The summed E-state index contributed by atoms with van der Waals surface area (Å²) in [6.07, 6.45) is 9.72. The normalized spacial score (nSPS) is 30.5. The van der Waals surface area contributed by atoms with Crippen molar-refractivity contribution in [2.24, 2.45) is 17.8 Å². The molecule has 166 valence electrons. The van der Waals surface area contributed by atoms with E-state index in [1.165, 1.54) is 25.7 Å². The number of rotatable bonds is 9. The van der Waals surface area contributed by atoms with Crippen LogP contribution in [-0.2, 0) is 23.9 Å². The Balaban J connectivity index is 1.64. The molecule has 1 aliphatic heterocycles. The molecule has 1 saturated heterocycles. The number of allylic oxidation sites excluding steroid dienone is 1. The minimum atomic E-state index is -0.431. The number of esters is 2. The van der Waals surface area contributed by atoms with E-state index in [1.54, 1.807) is 6.08 Å². The molecule has 0 radical (unpaired) electrons. The molecule has 0 N–H and O–H groups in total. The minimum Gasteiger partial charge on any atom is -0.462 e. The maximum Gasteiger partial charge on any atom is 0.309 e. The average Bonchev–Trinajstić information content (AvgIpc) is 3.10. The highest BCUT2D eigenvalue weighted by Gasteiger charge is 2.55. The Labute approximate surface area is 180 Å². The van der Waals surface area contributed by atoms with Gasteiger partial charge in [-0.15, -0.1) is 0 Å². The summed E-state index contributed by atoms with van der Waals surface area (Å²) in [7, 11) is 0. The Morgan fingerprint density at radius 3 is 2.47 bits per heavy atom. The van der Waals surface area contributed by atoms with E-state index in [0.29, 0.717) is 12.8 Å². The molecule has 0 aromatic carbocycles. The smallest absolute Gasteiger partial charge is 0.309 e. The summed E-state index contributed by atoms with van der Waals surface area (Å²) in [6, 6.07) is 0. The van der Waals surface area contributed by atoms with Gasteiger partial charge in [0.25, 0.3) is 0 Å². The van der Waals surface area contributed by atoms with Gasteiger partial charge < -0.3 is 9.47 Å². The van der Waals surface area contributed by atoms with Crippen molar-refractivity contribution >= 4 is 17.7 Å². The zero-order valence-electron chi connectivity index (χ0n) is 18.9. The van der Waals surface area contributed by atoms with Crippen molar-refractivity contribution in [1.29, 1.82) is 0 Å². The molecular formula is C25H36O5. The maximum atomic E-state index is 12.6. The first kappa shape index (κ1) is 22.8. The van der Waals surface area contributed by atoms with E-state index in [4.69, 9.17) is 9.47 Å². The van der Waals surface area contributed by atoms with E-state index in [1.807, 2.05) is 20.8 Å². The molecule has 3 rings (SSSR count). The summed E-state index contributed by atoms with van der Waals surface area (Å²) in [4.78, 5) is 37.5. The molecule has 5 heteroatoms. The van der Waals surface area contributed by atoms with Gasteiger partial charge in [-0.1, -0.05) is 63.5 Å². The van der Waals surface area contributed by atoms with Crippen LogP contribution in [0.4, 0.5) is 0 Å². The van der Waals surface area contributed by atoms with E-state index >= 15 is 0 Å². The van der Waals surface area contributed by atoms with Gasteiger partial charge in [0.1, 0.15) is 12.2 Å². The number of fused-ring (bicyclic) bond motifs is 3. The number of ether oxygens (including phenoxy) is 2. The van der Waals surface area contributed by atoms with Gasteiger partial charge in [0.15, 0.2) is 5.78 Å². The fourth-order valence-corrected chi connectivity index (χ4v) is 5.36. The van der Waals surface area contributed by atoms with Crippen molar-refractivity contribution in [3.8, 4) is 0 Å². The number of unbranched alkanes of at least 4 members (excludes halogenated alkanes) is 6. The zero-order valence-corrected chi connectivity index (χ0v) is 18.9. The van der Waals surface area contributed by atoms with Gasteiger partial charge in [-0.3, -0.25) is 14.4 Å². The monoisotopic (exact) mass is 416 g/mol. The molecule has 0 spiro atoms. The number of hydrogen-bond donors (Lipinski definition) is 0. The summed E-state index contributed by atoms with van der Waals surface area (Å²) < 4.78 is 11.7. The Kier molecular flexibility index (Phi) is 7.54.